The number of pyridine rings is 1. The molecule has 1 heterocycles. The fourth-order valence-electron chi connectivity index (χ4n) is 1.82. The first-order valence-electron chi connectivity index (χ1n) is 6.16. The fourth-order valence-corrected chi connectivity index (χ4v) is 1.82. The summed E-state index contributed by atoms with van der Waals surface area (Å²) in [5, 5.41) is 2.81. The summed E-state index contributed by atoms with van der Waals surface area (Å²) in [4.78, 5) is 15.6. The number of amides is 1. The number of carbonyl (C=O) groups is 1. The quantitative estimate of drug-likeness (QED) is 0.818. The minimum atomic E-state index is -0.120. The van der Waals surface area contributed by atoms with E-state index in [2.05, 4.69) is 10.3 Å². The van der Waals surface area contributed by atoms with E-state index in [0.29, 0.717) is 12.3 Å². The van der Waals surface area contributed by atoms with Gasteiger partial charge < -0.3 is 10.1 Å². The summed E-state index contributed by atoms with van der Waals surface area (Å²) in [5.41, 5.74) is 2.39. The third kappa shape index (κ3) is 4.19. The van der Waals surface area contributed by atoms with Crippen LogP contribution in [0.1, 0.15) is 13.8 Å². The van der Waals surface area contributed by atoms with Crippen LogP contribution in [0.15, 0.2) is 42.6 Å². The van der Waals surface area contributed by atoms with Crippen molar-refractivity contribution in [1.82, 2.24) is 4.98 Å². The molecule has 20 heavy (non-hydrogen) atoms. The van der Waals surface area contributed by atoms with Gasteiger partial charge in [-0.1, -0.05) is 6.07 Å². The van der Waals surface area contributed by atoms with Crippen molar-refractivity contribution in [3.8, 4) is 17.0 Å². The third-order valence-electron chi connectivity index (χ3n) is 2.55. The van der Waals surface area contributed by atoms with Crippen LogP contribution in [0.25, 0.3) is 11.3 Å². The maximum absolute atomic E-state index is 11.3. The van der Waals surface area contributed by atoms with Gasteiger partial charge in [0.15, 0.2) is 0 Å². The van der Waals surface area contributed by atoms with Gasteiger partial charge >= 0.3 is 0 Å². The average molecular weight is 384 g/mol. The fraction of sp³-hybridized carbons (Fsp3) is 0.200. The maximum Gasteiger partial charge on any atom is 0.221 e. The van der Waals surface area contributed by atoms with Crippen molar-refractivity contribution in [2.24, 2.45) is 0 Å². The highest BCUT2D eigenvalue weighted by molar-refractivity contribution is 14.0. The topological polar surface area (TPSA) is 51.2 Å². The number of carbonyl (C=O) groups excluding carboxylic acids is 1. The number of nitrogens with zero attached hydrogens (tertiary/aromatic N) is 1. The van der Waals surface area contributed by atoms with Crippen LogP contribution in [-0.2, 0) is 4.79 Å². The molecule has 0 bridgehead atoms. The number of benzene rings is 1. The van der Waals surface area contributed by atoms with Crippen molar-refractivity contribution in [2.45, 2.75) is 13.8 Å². The minimum Gasteiger partial charge on any atom is -0.494 e. The zero-order valence-electron chi connectivity index (χ0n) is 11.4. The minimum absolute atomic E-state index is 0. The third-order valence-corrected chi connectivity index (χ3v) is 2.55. The molecule has 0 saturated carbocycles. The van der Waals surface area contributed by atoms with Gasteiger partial charge in [0.25, 0.3) is 0 Å². The predicted octanol–water partition coefficient (Wildman–Crippen LogP) is 3.72. The van der Waals surface area contributed by atoms with Crippen molar-refractivity contribution in [3.05, 3.63) is 42.6 Å². The SMILES string of the molecule is CCOc1ccc(-c2ccccn2)c(NC(C)=O)c1.I. The van der Waals surface area contributed by atoms with Gasteiger partial charge in [-0.3, -0.25) is 9.78 Å². The number of aromatic nitrogens is 1. The van der Waals surface area contributed by atoms with E-state index in [0.717, 1.165) is 17.0 Å². The molecule has 0 aliphatic carbocycles. The molecule has 0 saturated heterocycles. The summed E-state index contributed by atoms with van der Waals surface area (Å²) < 4.78 is 5.45. The molecule has 4 nitrogen and oxygen atoms in total. The van der Waals surface area contributed by atoms with Crippen molar-refractivity contribution in [3.63, 3.8) is 0 Å². The normalized spacial score (nSPS) is 9.50. The maximum atomic E-state index is 11.3. The first kappa shape index (κ1) is 16.4. The van der Waals surface area contributed by atoms with E-state index in [1.807, 2.05) is 43.3 Å². The number of nitrogens with one attached hydrogen (secondary N) is 1. The lowest BCUT2D eigenvalue weighted by molar-refractivity contribution is -0.114. The first-order chi connectivity index (χ1) is 9.20. The monoisotopic (exact) mass is 384 g/mol. The Kier molecular flexibility index (Phi) is 6.44. The highest BCUT2D eigenvalue weighted by atomic mass is 127. The van der Waals surface area contributed by atoms with E-state index >= 15 is 0 Å². The molecule has 0 unspecified atom stereocenters. The Bertz CT molecular complexity index is 573. The lowest BCUT2D eigenvalue weighted by Crippen LogP contribution is -2.07. The summed E-state index contributed by atoms with van der Waals surface area (Å²) in [6.07, 6.45) is 1.73. The van der Waals surface area contributed by atoms with Gasteiger partial charge in [0.1, 0.15) is 5.75 Å². The molecule has 0 atom stereocenters. The van der Waals surface area contributed by atoms with Crippen LogP contribution >= 0.6 is 24.0 Å². The Hall–Kier alpha value is -1.63. The van der Waals surface area contributed by atoms with Crippen molar-refractivity contribution < 1.29 is 9.53 Å². The molecule has 0 spiro atoms. The van der Waals surface area contributed by atoms with Crippen LogP contribution < -0.4 is 10.1 Å². The zero-order valence-corrected chi connectivity index (χ0v) is 13.8. The van der Waals surface area contributed by atoms with Gasteiger partial charge in [-0.15, -0.1) is 24.0 Å². The molecule has 5 heteroatoms. The van der Waals surface area contributed by atoms with E-state index in [-0.39, 0.29) is 29.9 Å². The second kappa shape index (κ2) is 7.84. The lowest BCUT2D eigenvalue weighted by atomic mass is 10.1. The van der Waals surface area contributed by atoms with Crippen molar-refractivity contribution in [1.29, 1.82) is 0 Å². The van der Waals surface area contributed by atoms with E-state index < -0.39 is 0 Å². The number of hydrogen-bond acceptors (Lipinski definition) is 3. The molecule has 1 aromatic heterocycles. The van der Waals surface area contributed by atoms with E-state index in [4.69, 9.17) is 4.74 Å². The highest BCUT2D eigenvalue weighted by Gasteiger charge is 2.09. The zero-order chi connectivity index (χ0) is 13.7. The Morgan fingerprint density at radius 2 is 2.10 bits per heavy atom. The molecule has 0 radical (unpaired) electrons. The second-order valence-corrected chi connectivity index (χ2v) is 4.04. The standard InChI is InChI=1S/C15H16N2O2.HI/c1-3-19-12-7-8-13(14-6-4-5-9-16-14)15(10-12)17-11(2)18;/h4-10H,3H2,1-2H3,(H,17,18);1H. The molecule has 1 aromatic carbocycles. The van der Waals surface area contributed by atoms with Gasteiger partial charge in [-0.25, -0.2) is 0 Å². The van der Waals surface area contributed by atoms with Crippen LogP contribution in [0.2, 0.25) is 0 Å². The molecular formula is C15H17IN2O2. The summed E-state index contributed by atoms with van der Waals surface area (Å²) >= 11 is 0. The molecule has 1 amide bonds. The molecule has 2 aromatic rings. The molecule has 0 aliphatic heterocycles. The summed E-state index contributed by atoms with van der Waals surface area (Å²) in [6.45, 7) is 3.99. The Balaban J connectivity index is 0.00000200. The molecule has 2 rings (SSSR count). The van der Waals surface area contributed by atoms with Crippen LogP contribution in [0.3, 0.4) is 0 Å². The van der Waals surface area contributed by atoms with Gasteiger partial charge in [-0.2, -0.15) is 0 Å². The molecule has 0 fully saturated rings. The summed E-state index contributed by atoms with van der Waals surface area (Å²) in [5.74, 6) is 0.608. The number of hydrogen-bond donors (Lipinski definition) is 1. The van der Waals surface area contributed by atoms with E-state index in [1.165, 1.54) is 6.92 Å². The predicted molar refractivity (Wildman–Crippen MR) is 90.6 cm³/mol. The van der Waals surface area contributed by atoms with Gasteiger partial charge in [0, 0.05) is 24.8 Å². The van der Waals surface area contributed by atoms with E-state index in [9.17, 15) is 4.79 Å². The van der Waals surface area contributed by atoms with Gasteiger partial charge in [0.2, 0.25) is 5.91 Å². The molecule has 106 valence electrons. The van der Waals surface area contributed by atoms with Crippen LogP contribution in [-0.4, -0.2) is 17.5 Å². The smallest absolute Gasteiger partial charge is 0.221 e. The number of ether oxygens (including phenoxy) is 1. The van der Waals surface area contributed by atoms with Crippen molar-refractivity contribution in [2.75, 3.05) is 11.9 Å². The molecule has 1 N–H and O–H groups in total. The number of rotatable bonds is 4. The number of halogens is 1. The highest BCUT2D eigenvalue weighted by Crippen LogP contribution is 2.30. The Labute approximate surface area is 135 Å². The molecule has 0 aliphatic rings. The van der Waals surface area contributed by atoms with Crippen LogP contribution in [0.4, 0.5) is 5.69 Å². The van der Waals surface area contributed by atoms with E-state index in [1.54, 1.807) is 6.20 Å². The van der Waals surface area contributed by atoms with Crippen LogP contribution in [0, 0.1) is 0 Å². The van der Waals surface area contributed by atoms with Crippen molar-refractivity contribution >= 4 is 35.6 Å². The number of anilines is 1. The lowest BCUT2D eigenvalue weighted by Gasteiger charge is -2.12. The summed E-state index contributed by atoms with van der Waals surface area (Å²) in [7, 11) is 0. The first-order valence-corrected chi connectivity index (χ1v) is 6.16. The van der Waals surface area contributed by atoms with Crippen LogP contribution in [0.5, 0.6) is 5.75 Å². The average Bonchev–Trinajstić information content (AvgIpc) is 2.40. The Morgan fingerprint density at radius 3 is 2.70 bits per heavy atom. The largest absolute Gasteiger partial charge is 0.494 e. The van der Waals surface area contributed by atoms with Gasteiger partial charge in [0.05, 0.1) is 18.0 Å². The molecular weight excluding hydrogens is 367 g/mol. The Morgan fingerprint density at radius 1 is 1.30 bits per heavy atom. The summed E-state index contributed by atoms with van der Waals surface area (Å²) in [6, 6.07) is 11.3. The van der Waals surface area contributed by atoms with Gasteiger partial charge in [-0.05, 0) is 31.2 Å². The second-order valence-electron chi connectivity index (χ2n) is 4.04.